The van der Waals surface area contributed by atoms with Gasteiger partial charge >= 0.3 is 0 Å². The number of aromatic nitrogens is 3. The zero-order chi connectivity index (χ0) is 12.4. The van der Waals surface area contributed by atoms with Crippen LogP contribution in [-0.4, -0.2) is 14.8 Å². The van der Waals surface area contributed by atoms with Crippen molar-refractivity contribution in [2.75, 3.05) is 0 Å². The van der Waals surface area contributed by atoms with E-state index in [0.29, 0.717) is 11.5 Å². The quantitative estimate of drug-likeness (QED) is 0.688. The smallest absolute Gasteiger partial charge is 0.181 e. The summed E-state index contributed by atoms with van der Waals surface area (Å²) in [7, 11) is 0. The van der Waals surface area contributed by atoms with Crippen LogP contribution in [0.15, 0.2) is 60.9 Å². The molecule has 0 spiro atoms. The van der Waals surface area contributed by atoms with Gasteiger partial charge in [-0.15, -0.1) is 5.10 Å². The minimum absolute atomic E-state index is 0.318. The summed E-state index contributed by atoms with van der Waals surface area (Å²) in [6, 6.07) is 16.1. The van der Waals surface area contributed by atoms with Crippen molar-refractivity contribution < 1.29 is 4.39 Å². The van der Waals surface area contributed by atoms with E-state index in [1.54, 1.807) is 18.2 Å². The van der Waals surface area contributed by atoms with Crippen molar-refractivity contribution in [2.45, 2.75) is 0 Å². The fourth-order valence-corrected chi connectivity index (χ4v) is 1.74. The molecule has 0 N–H and O–H groups in total. The number of hydrogen-bond donors (Lipinski definition) is 0. The lowest BCUT2D eigenvalue weighted by molar-refractivity contribution is 0.611. The number of para-hydroxylation sites is 1. The Kier molecular flexibility index (Phi) is 2.61. The number of halogens is 1. The Bertz CT molecular complexity index is 662. The second-order valence-electron chi connectivity index (χ2n) is 3.83. The average Bonchev–Trinajstić information content (AvgIpc) is 2.90. The molecule has 3 rings (SSSR count). The van der Waals surface area contributed by atoms with Crippen LogP contribution >= 0.6 is 0 Å². The minimum atomic E-state index is -0.318. The first kappa shape index (κ1) is 10.7. The minimum Gasteiger partial charge on any atom is -0.217 e. The molecule has 3 aromatic rings. The first-order valence-electron chi connectivity index (χ1n) is 5.56. The molecule has 0 saturated heterocycles. The highest BCUT2D eigenvalue weighted by molar-refractivity contribution is 5.54. The van der Waals surface area contributed by atoms with E-state index in [9.17, 15) is 4.39 Å². The summed E-state index contributed by atoms with van der Waals surface area (Å²) in [5.41, 5.74) is 1.31. The topological polar surface area (TPSA) is 30.7 Å². The molecule has 0 saturated carbocycles. The predicted molar refractivity (Wildman–Crippen MR) is 66.8 cm³/mol. The van der Waals surface area contributed by atoms with Gasteiger partial charge in [0.15, 0.2) is 5.82 Å². The van der Waals surface area contributed by atoms with E-state index in [2.05, 4.69) is 10.1 Å². The van der Waals surface area contributed by atoms with Crippen molar-refractivity contribution in [1.82, 2.24) is 14.8 Å². The van der Waals surface area contributed by atoms with E-state index in [1.807, 2.05) is 30.3 Å². The molecule has 0 amide bonds. The van der Waals surface area contributed by atoms with E-state index < -0.39 is 0 Å². The predicted octanol–water partition coefficient (Wildman–Crippen LogP) is 3.07. The van der Waals surface area contributed by atoms with Crippen LogP contribution in [0.25, 0.3) is 17.1 Å². The summed E-state index contributed by atoms with van der Waals surface area (Å²) in [6.07, 6.45) is 1.51. The molecule has 4 heteroatoms. The third-order valence-electron chi connectivity index (χ3n) is 2.62. The number of benzene rings is 2. The maximum Gasteiger partial charge on any atom is 0.181 e. The third-order valence-corrected chi connectivity index (χ3v) is 2.62. The molecule has 18 heavy (non-hydrogen) atoms. The van der Waals surface area contributed by atoms with Crippen LogP contribution in [0.1, 0.15) is 0 Å². The Hall–Kier alpha value is -2.49. The van der Waals surface area contributed by atoms with Crippen LogP contribution in [0.3, 0.4) is 0 Å². The molecular weight excluding hydrogens is 229 g/mol. The van der Waals surface area contributed by atoms with Gasteiger partial charge in [0.2, 0.25) is 0 Å². The van der Waals surface area contributed by atoms with Crippen LogP contribution in [-0.2, 0) is 0 Å². The van der Waals surface area contributed by atoms with Crippen LogP contribution < -0.4 is 0 Å². The number of hydrogen-bond acceptors (Lipinski definition) is 2. The van der Waals surface area contributed by atoms with Crippen molar-refractivity contribution >= 4 is 0 Å². The van der Waals surface area contributed by atoms with E-state index in [1.165, 1.54) is 17.1 Å². The van der Waals surface area contributed by atoms with Crippen LogP contribution in [0.4, 0.5) is 4.39 Å². The third kappa shape index (κ3) is 1.88. The van der Waals surface area contributed by atoms with E-state index >= 15 is 0 Å². The number of rotatable bonds is 2. The van der Waals surface area contributed by atoms with E-state index in [-0.39, 0.29) is 5.82 Å². The molecule has 0 radical (unpaired) electrons. The first-order chi connectivity index (χ1) is 8.84. The van der Waals surface area contributed by atoms with Gasteiger partial charge in [-0.1, -0.05) is 42.5 Å². The van der Waals surface area contributed by atoms with Crippen LogP contribution in [0, 0.1) is 5.82 Å². The Morgan fingerprint density at radius 2 is 1.61 bits per heavy atom. The lowest BCUT2D eigenvalue weighted by Crippen LogP contribution is -1.97. The molecule has 1 heterocycles. The molecule has 0 aliphatic rings. The second kappa shape index (κ2) is 4.41. The van der Waals surface area contributed by atoms with Crippen molar-refractivity contribution in [1.29, 1.82) is 0 Å². The molecule has 0 fully saturated rings. The Balaban J connectivity index is 2.03. The molecule has 1 aromatic heterocycles. The zero-order valence-electron chi connectivity index (χ0n) is 9.49. The van der Waals surface area contributed by atoms with Gasteiger partial charge in [0, 0.05) is 5.56 Å². The Morgan fingerprint density at radius 3 is 2.39 bits per heavy atom. The molecule has 0 aliphatic carbocycles. The molecule has 0 unspecified atom stereocenters. The summed E-state index contributed by atoms with van der Waals surface area (Å²) in [4.78, 5) is 4.19. The highest BCUT2D eigenvalue weighted by Crippen LogP contribution is 2.16. The van der Waals surface area contributed by atoms with Gasteiger partial charge in [0.05, 0.1) is 0 Å². The average molecular weight is 239 g/mol. The molecule has 3 nitrogen and oxygen atoms in total. The SMILES string of the molecule is Fc1ccccc1-n1cnc(-c2ccccc2)n1. The van der Waals surface area contributed by atoms with Gasteiger partial charge in [0.25, 0.3) is 0 Å². The lowest BCUT2D eigenvalue weighted by Gasteiger charge is -2.00. The summed E-state index contributed by atoms with van der Waals surface area (Å²) >= 11 is 0. The molecule has 0 atom stereocenters. The van der Waals surface area contributed by atoms with Crippen molar-refractivity contribution in [3.63, 3.8) is 0 Å². The molecule has 2 aromatic carbocycles. The largest absolute Gasteiger partial charge is 0.217 e. The van der Waals surface area contributed by atoms with Gasteiger partial charge in [-0.05, 0) is 12.1 Å². The lowest BCUT2D eigenvalue weighted by atomic mass is 10.2. The van der Waals surface area contributed by atoms with Crippen LogP contribution in [0.5, 0.6) is 0 Å². The first-order valence-corrected chi connectivity index (χ1v) is 5.56. The molecule has 88 valence electrons. The van der Waals surface area contributed by atoms with Gasteiger partial charge < -0.3 is 0 Å². The van der Waals surface area contributed by atoms with Gasteiger partial charge in [-0.3, -0.25) is 0 Å². The summed E-state index contributed by atoms with van der Waals surface area (Å²) in [5.74, 6) is 0.265. The highest BCUT2D eigenvalue weighted by atomic mass is 19.1. The molecular formula is C14H10FN3. The fourth-order valence-electron chi connectivity index (χ4n) is 1.74. The standard InChI is InChI=1S/C14H10FN3/c15-12-8-4-5-9-13(12)18-10-16-14(17-18)11-6-2-1-3-7-11/h1-10H. The molecule has 0 bridgehead atoms. The maximum atomic E-state index is 13.6. The van der Waals surface area contributed by atoms with Gasteiger partial charge in [-0.25, -0.2) is 14.1 Å². The van der Waals surface area contributed by atoms with Crippen molar-refractivity contribution in [2.24, 2.45) is 0 Å². The highest BCUT2D eigenvalue weighted by Gasteiger charge is 2.07. The monoisotopic (exact) mass is 239 g/mol. The van der Waals surface area contributed by atoms with Gasteiger partial charge in [0.1, 0.15) is 17.8 Å². The summed E-state index contributed by atoms with van der Waals surface area (Å²) < 4.78 is 15.0. The normalized spacial score (nSPS) is 10.5. The molecule has 0 aliphatic heterocycles. The fraction of sp³-hybridized carbons (Fsp3) is 0. The Labute approximate surface area is 104 Å². The summed E-state index contributed by atoms with van der Waals surface area (Å²) in [5, 5.41) is 4.28. The second-order valence-corrected chi connectivity index (χ2v) is 3.83. The van der Waals surface area contributed by atoms with Crippen LogP contribution in [0.2, 0.25) is 0 Å². The Morgan fingerprint density at radius 1 is 0.889 bits per heavy atom. The maximum absolute atomic E-state index is 13.6. The van der Waals surface area contributed by atoms with Crippen molar-refractivity contribution in [3.8, 4) is 17.1 Å². The van der Waals surface area contributed by atoms with E-state index in [0.717, 1.165) is 5.56 Å². The summed E-state index contributed by atoms with van der Waals surface area (Å²) in [6.45, 7) is 0. The zero-order valence-corrected chi connectivity index (χ0v) is 9.49. The van der Waals surface area contributed by atoms with Crippen molar-refractivity contribution in [3.05, 3.63) is 66.7 Å². The number of nitrogens with zero attached hydrogens (tertiary/aromatic N) is 3. The van der Waals surface area contributed by atoms with E-state index in [4.69, 9.17) is 0 Å². The van der Waals surface area contributed by atoms with Gasteiger partial charge in [-0.2, -0.15) is 0 Å².